The molecule has 1 aromatic heterocycles. The molecule has 0 atom stereocenters. The molecular weight excluding hydrogens is 204 g/mol. The molecule has 0 spiro atoms. The van der Waals surface area contributed by atoms with Crippen molar-refractivity contribution in [1.29, 1.82) is 0 Å². The lowest BCUT2D eigenvalue weighted by molar-refractivity contribution is 0.119. The second-order valence-corrected chi connectivity index (χ2v) is 4.04. The van der Waals surface area contributed by atoms with Gasteiger partial charge in [-0.3, -0.25) is 4.68 Å². The third-order valence-corrected chi connectivity index (χ3v) is 2.33. The zero-order valence-electron chi connectivity index (χ0n) is 10.4. The molecule has 0 radical (unpaired) electrons. The molecule has 16 heavy (non-hydrogen) atoms. The Kier molecular flexibility index (Phi) is 6.07. The molecule has 0 aliphatic carbocycles. The molecule has 5 heteroatoms. The van der Waals surface area contributed by atoms with Gasteiger partial charge < -0.3 is 15.0 Å². The number of nitrogens with one attached hydrogen (secondary N) is 1. The molecule has 0 fully saturated rings. The highest BCUT2D eigenvalue weighted by atomic mass is 16.5. The van der Waals surface area contributed by atoms with Crippen molar-refractivity contribution in [2.24, 2.45) is 7.05 Å². The second-order valence-electron chi connectivity index (χ2n) is 4.04. The van der Waals surface area contributed by atoms with E-state index in [4.69, 9.17) is 4.74 Å². The van der Waals surface area contributed by atoms with E-state index in [2.05, 4.69) is 15.3 Å². The Labute approximate surface area is 97.4 Å². The molecule has 0 aliphatic rings. The Morgan fingerprint density at radius 3 is 2.88 bits per heavy atom. The third kappa shape index (κ3) is 5.25. The SMILES string of the molecule is CN(C)CCOCCNCc1ccnn1C. The number of nitrogens with zero attached hydrogens (tertiary/aromatic N) is 3. The lowest BCUT2D eigenvalue weighted by Crippen LogP contribution is -2.23. The zero-order chi connectivity index (χ0) is 11.8. The van der Waals surface area contributed by atoms with Gasteiger partial charge in [0.2, 0.25) is 0 Å². The summed E-state index contributed by atoms with van der Waals surface area (Å²) in [4.78, 5) is 2.11. The van der Waals surface area contributed by atoms with Crippen molar-refractivity contribution in [3.8, 4) is 0 Å². The van der Waals surface area contributed by atoms with Gasteiger partial charge in [-0.25, -0.2) is 0 Å². The first-order chi connectivity index (χ1) is 7.70. The summed E-state index contributed by atoms with van der Waals surface area (Å²) in [6, 6.07) is 2.01. The number of ether oxygens (including phenoxy) is 1. The molecular formula is C11H22N4O. The second kappa shape index (κ2) is 7.38. The Hall–Kier alpha value is -0.910. The Balaban J connectivity index is 1.94. The first-order valence-corrected chi connectivity index (χ1v) is 5.60. The highest BCUT2D eigenvalue weighted by molar-refractivity contribution is 4.98. The van der Waals surface area contributed by atoms with E-state index in [0.717, 1.165) is 32.8 Å². The fourth-order valence-electron chi connectivity index (χ4n) is 1.28. The largest absolute Gasteiger partial charge is 0.379 e. The molecule has 92 valence electrons. The molecule has 5 nitrogen and oxygen atoms in total. The van der Waals surface area contributed by atoms with Gasteiger partial charge in [-0.05, 0) is 20.2 Å². The minimum atomic E-state index is 0.756. The fourth-order valence-corrected chi connectivity index (χ4v) is 1.28. The quantitative estimate of drug-likeness (QED) is 0.638. The van der Waals surface area contributed by atoms with Crippen molar-refractivity contribution < 1.29 is 4.74 Å². The van der Waals surface area contributed by atoms with E-state index in [1.165, 1.54) is 5.69 Å². The van der Waals surface area contributed by atoms with Crippen LogP contribution in [0, 0.1) is 0 Å². The number of hydrogen-bond acceptors (Lipinski definition) is 4. The molecule has 0 aromatic carbocycles. The average molecular weight is 226 g/mol. The Morgan fingerprint density at radius 2 is 2.25 bits per heavy atom. The molecule has 0 bridgehead atoms. The molecule has 0 amide bonds. The van der Waals surface area contributed by atoms with Gasteiger partial charge in [0, 0.05) is 32.9 Å². The highest BCUT2D eigenvalue weighted by Crippen LogP contribution is 1.94. The van der Waals surface area contributed by atoms with E-state index < -0.39 is 0 Å². The van der Waals surface area contributed by atoms with E-state index >= 15 is 0 Å². The van der Waals surface area contributed by atoms with E-state index in [1.807, 2.05) is 38.1 Å². The van der Waals surface area contributed by atoms with Crippen LogP contribution < -0.4 is 5.32 Å². The van der Waals surface area contributed by atoms with E-state index in [1.54, 1.807) is 0 Å². The maximum Gasteiger partial charge on any atom is 0.0593 e. The first kappa shape index (κ1) is 13.2. The summed E-state index contributed by atoms with van der Waals surface area (Å²) in [5.74, 6) is 0. The Bertz CT molecular complexity index is 285. The van der Waals surface area contributed by atoms with Crippen LogP contribution in [0.25, 0.3) is 0 Å². The number of aryl methyl sites for hydroxylation is 1. The lowest BCUT2D eigenvalue weighted by atomic mass is 10.4. The van der Waals surface area contributed by atoms with Crippen molar-refractivity contribution in [2.45, 2.75) is 6.54 Å². The van der Waals surface area contributed by atoms with Crippen LogP contribution in [-0.4, -0.2) is 55.1 Å². The van der Waals surface area contributed by atoms with Gasteiger partial charge in [-0.2, -0.15) is 5.10 Å². The predicted molar refractivity (Wildman–Crippen MR) is 64.3 cm³/mol. The molecule has 0 saturated heterocycles. The highest BCUT2D eigenvalue weighted by Gasteiger charge is 1.97. The van der Waals surface area contributed by atoms with Gasteiger partial charge in [0.05, 0.1) is 18.9 Å². The molecule has 1 N–H and O–H groups in total. The predicted octanol–water partition coefficient (Wildman–Crippen LogP) is 0.0879. The maximum atomic E-state index is 5.47. The summed E-state index contributed by atoms with van der Waals surface area (Å²) in [7, 11) is 6.04. The van der Waals surface area contributed by atoms with Crippen molar-refractivity contribution in [2.75, 3.05) is 40.4 Å². The normalized spacial score (nSPS) is 11.2. The topological polar surface area (TPSA) is 42.3 Å². The number of rotatable bonds is 8. The van der Waals surface area contributed by atoms with Crippen molar-refractivity contribution in [3.63, 3.8) is 0 Å². The van der Waals surface area contributed by atoms with Crippen LogP contribution in [-0.2, 0) is 18.3 Å². The van der Waals surface area contributed by atoms with Gasteiger partial charge in [0.1, 0.15) is 0 Å². The van der Waals surface area contributed by atoms with Crippen LogP contribution in [0.1, 0.15) is 5.69 Å². The van der Waals surface area contributed by atoms with Crippen molar-refractivity contribution in [1.82, 2.24) is 20.0 Å². The van der Waals surface area contributed by atoms with Gasteiger partial charge in [0.25, 0.3) is 0 Å². The van der Waals surface area contributed by atoms with Crippen molar-refractivity contribution >= 4 is 0 Å². The van der Waals surface area contributed by atoms with Crippen LogP contribution in [0.5, 0.6) is 0 Å². The summed E-state index contributed by atoms with van der Waals surface area (Å²) in [6.45, 7) is 4.24. The molecule has 0 aliphatic heterocycles. The fraction of sp³-hybridized carbons (Fsp3) is 0.727. The maximum absolute atomic E-state index is 5.47. The van der Waals surface area contributed by atoms with Crippen LogP contribution >= 0.6 is 0 Å². The monoisotopic (exact) mass is 226 g/mol. The summed E-state index contributed by atoms with van der Waals surface area (Å²) >= 11 is 0. The summed E-state index contributed by atoms with van der Waals surface area (Å²) in [6.07, 6.45) is 1.81. The minimum Gasteiger partial charge on any atom is -0.379 e. The molecule has 1 heterocycles. The lowest BCUT2D eigenvalue weighted by Gasteiger charge is -2.10. The van der Waals surface area contributed by atoms with Gasteiger partial charge in [0.15, 0.2) is 0 Å². The summed E-state index contributed by atoms with van der Waals surface area (Å²) in [5, 5.41) is 7.42. The smallest absolute Gasteiger partial charge is 0.0593 e. The van der Waals surface area contributed by atoms with Gasteiger partial charge >= 0.3 is 0 Å². The first-order valence-electron chi connectivity index (χ1n) is 5.60. The minimum absolute atomic E-state index is 0.756. The van der Waals surface area contributed by atoms with Gasteiger partial charge in [-0.1, -0.05) is 0 Å². The van der Waals surface area contributed by atoms with E-state index in [9.17, 15) is 0 Å². The molecule has 0 unspecified atom stereocenters. The molecule has 0 saturated carbocycles. The standard InChI is InChI=1S/C11H22N4O/c1-14(2)7-9-16-8-6-12-10-11-4-5-13-15(11)3/h4-5,12H,6-10H2,1-3H3. The van der Waals surface area contributed by atoms with Crippen LogP contribution in [0.4, 0.5) is 0 Å². The number of aromatic nitrogens is 2. The average Bonchev–Trinajstić information content (AvgIpc) is 2.62. The summed E-state index contributed by atoms with van der Waals surface area (Å²) in [5.41, 5.74) is 1.19. The van der Waals surface area contributed by atoms with Crippen LogP contribution in [0.3, 0.4) is 0 Å². The van der Waals surface area contributed by atoms with E-state index in [-0.39, 0.29) is 0 Å². The zero-order valence-corrected chi connectivity index (χ0v) is 10.4. The van der Waals surface area contributed by atoms with Crippen LogP contribution in [0.15, 0.2) is 12.3 Å². The van der Waals surface area contributed by atoms with E-state index in [0.29, 0.717) is 0 Å². The Morgan fingerprint density at radius 1 is 1.44 bits per heavy atom. The summed E-state index contributed by atoms with van der Waals surface area (Å²) < 4.78 is 7.34. The molecule has 1 rings (SSSR count). The number of hydrogen-bond donors (Lipinski definition) is 1. The van der Waals surface area contributed by atoms with Crippen molar-refractivity contribution in [3.05, 3.63) is 18.0 Å². The van der Waals surface area contributed by atoms with Crippen LogP contribution in [0.2, 0.25) is 0 Å². The van der Waals surface area contributed by atoms with Gasteiger partial charge in [-0.15, -0.1) is 0 Å². The molecule has 1 aromatic rings. The number of likely N-dealkylation sites (N-methyl/N-ethyl adjacent to an activating group) is 1. The third-order valence-electron chi connectivity index (χ3n) is 2.33.